The Morgan fingerprint density at radius 1 is 1.00 bits per heavy atom. The van der Waals surface area contributed by atoms with Gasteiger partial charge in [-0.2, -0.15) is 0 Å². The zero-order valence-corrected chi connectivity index (χ0v) is 16.1. The van der Waals surface area contributed by atoms with Crippen molar-refractivity contribution < 1.29 is 9.59 Å². The van der Waals surface area contributed by atoms with Gasteiger partial charge in [-0.1, -0.05) is 62.4 Å². The number of benzene rings is 2. The molecule has 0 aliphatic carbocycles. The van der Waals surface area contributed by atoms with Gasteiger partial charge < -0.3 is 15.5 Å². The Morgan fingerprint density at radius 3 is 2.33 bits per heavy atom. The van der Waals surface area contributed by atoms with Crippen LogP contribution in [0.5, 0.6) is 0 Å². The predicted molar refractivity (Wildman–Crippen MR) is 108 cm³/mol. The third-order valence-electron chi connectivity index (χ3n) is 5.15. The molecule has 2 aromatic rings. The lowest BCUT2D eigenvalue weighted by molar-refractivity contribution is -0.119. The molecule has 0 saturated carbocycles. The normalized spacial score (nSPS) is 19.2. The molecule has 27 heavy (non-hydrogen) atoms. The van der Waals surface area contributed by atoms with Crippen molar-refractivity contribution in [2.24, 2.45) is 11.8 Å². The minimum atomic E-state index is -0.128. The summed E-state index contributed by atoms with van der Waals surface area (Å²) in [5, 5.41) is 6.06. The lowest BCUT2D eigenvalue weighted by Crippen LogP contribution is -2.41. The van der Waals surface area contributed by atoms with Crippen molar-refractivity contribution in [3.8, 4) is 11.1 Å². The predicted octanol–water partition coefficient (Wildman–Crippen LogP) is 3.98. The summed E-state index contributed by atoms with van der Waals surface area (Å²) in [5.41, 5.74) is 2.84. The molecule has 1 aliphatic heterocycles. The largest absolute Gasteiger partial charge is 0.351 e. The summed E-state index contributed by atoms with van der Waals surface area (Å²) in [5.74, 6) is 0.586. The number of likely N-dealkylation sites (tertiary alicyclic amines) is 1. The lowest BCUT2D eigenvalue weighted by atomic mass is 9.91. The molecule has 5 nitrogen and oxygen atoms in total. The average Bonchev–Trinajstić information content (AvgIpc) is 3.06. The highest BCUT2D eigenvalue weighted by atomic mass is 16.2. The molecule has 2 aromatic carbocycles. The van der Waals surface area contributed by atoms with Gasteiger partial charge in [0.25, 0.3) is 0 Å². The molecule has 3 rings (SSSR count). The number of hydrogen-bond acceptors (Lipinski definition) is 2. The van der Waals surface area contributed by atoms with E-state index >= 15 is 0 Å². The van der Waals surface area contributed by atoms with Crippen LogP contribution in [-0.2, 0) is 4.79 Å². The molecule has 1 heterocycles. The number of amides is 3. The van der Waals surface area contributed by atoms with Crippen LogP contribution < -0.4 is 10.6 Å². The summed E-state index contributed by atoms with van der Waals surface area (Å²) in [6, 6.07) is 17.7. The third kappa shape index (κ3) is 4.48. The van der Waals surface area contributed by atoms with Gasteiger partial charge in [-0.15, -0.1) is 0 Å². The first-order valence-electron chi connectivity index (χ1n) is 9.43. The van der Waals surface area contributed by atoms with Crippen LogP contribution in [0.2, 0.25) is 0 Å². The molecule has 142 valence electrons. The molecule has 3 amide bonds. The maximum atomic E-state index is 12.9. The second kappa shape index (κ2) is 8.25. The molecule has 0 spiro atoms. The van der Waals surface area contributed by atoms with E-state index in [4.69, 9.17) is 0 Å². The van der Waals surface area contributed by atoms with Gasteiger partial charge >= 0.3 is 6.03 Å². The molecule has 2 atom stereocenters. The second-order valence-electron chi connectivity index (χ2n) is 7.46. The Morgan fingerprint density at radius 2 is 1.67 bits per heavy atom. The lowest BCUT2D eigenvalue weighted by Gasteiger charge is -2.21. The first kappa shape index (κ1) is 19.0. The van der Waals surface area contributed by atoms with E-state index in [1.54, 1.807) is 4.90 Å². The van der Waals surface area contributed by atoms with Gasteiger partial charge in [0.15, 0.2) is 0 Å². The Kier molecular flexibility index (Phi) is 5.79. The van der Waals surface area contributed by atoms with E-state index < -0.39 is 0 Å². The summed E-state index contributed by atoms with van der Waals surface area (Å²) >= 11 is 0. The summed E-state index contributed by atoms with van der Waals surface area (Å²) in [4.78, 5) is 26.2. The van der Waals surface area contributed by atoms with Crippen LogP contribution in [0.4, 0.5) is 10.5 Å². The Labute approximate surface area is 160 Å². The molecule has 1 aliphatic rings. The van der Waals surface area contributed by atoms with Crippen molar-refractivity contribution >= 4 is 17.6 Å². The van der Waals surface area contributed by atoms with E-state index in [0.29, 0.717) is 19.0 Å². The van der Waals surface area contributed by atoms with Gasteiger partial charge in [0.05, 0.1) is 11.7 Å². The fraction of sp³-hybridized carbons (Fsp3) is 0.364. The van der Waals surface area contributed by atoms with Crippen LogP contribution in [0.15, 0.2) is 54.6 Å². The van der Waals surface area contributed by atoms with Crippen molar-refractivity contribution in [3.63, 3.8) is 0 Å². The summed E-state index contributed by atoms with van der Waals surface area (Å²) in [6.45, 7) is 6.96. The van der Waals surface area contributed by atoms with E-state index in [2.05, 4.69) is 24.5 Å². The Balaban J connectivity index is 1.76. The highest BCUT2D eigenvalue weighted by molar-refractivity contribution is 5.94. The standard InChI is InChI=1S/C22H27N3O2/c1-15(2)19-13-25(14-21(19)23-16(3)26)22(27)24-20-12-8-7-11-18(20)17-9-5-4-6-10-17/h4-12,15,19,21H,13-14H2,1-3H3,(H,23,26)(H,24,27)/t19-,21+/m0/s1. The summed E-state index contributed by atoms with van der Waals surface area (Å²) < 4.78 is 0. The number of rotatable bonds is 4. The highest BCUT2D eigenvalue weighted by Gasteiger charge is 2.37. The maximum Gasteiger partial charge on any atom is 0.321 e. The van der Waals surface area contributed by atoms with Crippen molar-refractivity contribution in [2.75, 3.05) is 18.4 Å². The quantitative estimate of drug-likeness (QED) is 0.861. The second-order valence-corrected chi connectivity index (χ2v) is 7.46. The smallest absolute Gasteiger partial charge is 0.321 e. The van der Waals surface area contributed by atoms with E-state index in [0.717, 1.165) is 16.8 Å². The van der Waals surface area contributed by atoms with Gasteiger partial charge in [0.1, 0.15) is 0 Å². The fourth-order valence-corrected chi connectivity index (χ4v) is 3.74. The van der Waals surface area contributed by atoms with E-state index in [-0.39, 0.29) is 23.9 Å². The molecule has 0 aromatic heterocycles. The monoisotopic (exact) mass is 365 g/mol. The number of nitrogens with one attached hydrogen (secondary N) is 2. The first-order chi connectivity index (χ1) is 13.0. The average molecular weight is 365 g/mol. The number of carbonyl (C=O) groups excluding carboxylic acids is 2. The van der Waals surface area contributed by atoms with Crippen LogP contribution in [0.1, 0.15) is 20.8 Å². The van der Waals surface area contributed by atoms with Crippen molar-refractivity contribution in [1.29, 1.82) is 0 Å². The van der Waals surface area contributed by atoms with Crippen LogP contribution in [0, 0.1) is 11.8 Å². The number of anilines is 1. The molecule has 1 fully saturated rings. The van der Waals surface area contributed by atoms with Crippen LogP contribution in [0.3, 0.4) is 0 Å². The van der Waals surface area contributed by atoms with Gasteiger partial charge in [-0.05, 0) is 17.5 Å². The summed E-state index contributed by atoms with van der Waals surface area (Å²) in [7, 11) is 0. The number of hydrogen-bond donors (Lipinski definition) is 2. The Bertz CT molecular complexity index is 804. The molecular weight excluding hydrogens is 338 g/mol. The highest BCUT2D eigenvalue weighted by Crippen LogP contribution is 2.29. The van der Waals surface area contributed by atoms with Gasteiger partial charge in [0.2, 0.25) is 5.91 Å². The minimum absolute atomic E-state index is 0.00221. The van der Waals surface area contributed by atoms with E-state index in [1.165, 1.54) is 6.92 Å². The van der Waals surface area contributed by atoms with Crippen molar-refractivity contribution in [1.82, 2.24) is 10.2 Å². The number of carbonyl (C=O) groups is 2. The van der Waals surface area contributed by atoms with Gasteiger partial charge in [-0.25, -0.2) is 4.79 Å². The SMILES string of the molecule is CC(=O)N[C@@H]1CN(C(=O)Nc2ccccc2-c2ccccc2)C[C@H]1C(C)C. The van der Waals surface area contributed by atoms with E-state index in [1.807, 2.05) is 54.6 Å². The molecule has 0 bridgehead atoms. The minimum Gasteiger partial charge on any atom is -0.351 e. The molecule has 1 saturated heterocycles. The molecule has 5 heteroatoms. The maximum absolute atomic E-state index is 12.9. The zero-order valence-electron chi connectivity index (χ0n) is 16.1. The van der Waals surface area contributed by atoms with Gasteiger partial charge in [-0.3, -0.25) is 4.79 Å². The number of nitrogens with zero attached hydrogens (tertiary/aromatic N) is 1. The van der Waals surface area contributed by atoms with Crippen molar-refractivity contribution in [3.05, 3.63) is 54.6 Å². The number of para-hydroxylation sites is 1. The van der Waals surface area contributed by atoms with Crippen LogP contribution in [0.25, 0.3) is 11.1 Å². The fourth-order valence-electron chi connectivity index (χ4n) is 3.74. The van der Waals surface area contributed by atoms with Crippen LogP contribution in [-0.4, -0.2) is 36.0 Å². The number of urea groups is 1. The Hall–Kier alpha value is -2.82. The molecular formula is C22H27N3O2. The van der Waals surface area contributed by atoms with Gasteiger partial charge in [0, 0.05) is 31.5 Å². The summed E-state index contributed by atoms with van der Waals surface area (Å²) in [6.07, 6.45) is 0. The third-order valence-corrected chi connectivity index (χ3v) is 5.15. The molecule has 0 unspecified atom stereocenters. The molecule has 0 radical (unpaired) electrons. The zero-order chi connectivity index (χ0) is 19.4. The first-order valence-corrected chi connectivity index (χ1v) is 9.43. The molecule has 2 N–H and O–H groups in total. The van der Waals surface area contributed by atoms with Crippen molar-refractivity contribution in [2.45, 2.75) is 26.8 Å². The van der Waals surface area contributed by atoms with E-state index in [9.17, 15) is 9.59 Å². The van der Waals surface area contributed by atoms with Crippen LogP contribution >= 0.6 is 0 Å². The topological polar surface area (TPSA) is 61.4 Å².